The number of benzene rings is 3. The van der Waals surface area contributed by atoms with Crippen LogP contribution in [0.1, 0.15) is 29.7 Å². The molecule has 0 aliphatic carbocycles. The second-order valence-electron chi connectivity index (χ2n) is 9.53. The highest BCUT2D eigenvalue weighted by atomic mass is 35.5. The number of carbonyl (C=O) groups is 1. The molecule has 12 heteroatoms. The van der Waals surface area contributed by atoms with Crippen LogP contribution in [0.4, 0.5) is 0 Å². The topological polar surface area (TPSA) is 121 Å². The fraction of sp³-hybridized carbons (Fsp3) is 0.212. The van der Waals surface area contributed by atoms with Gasteiger partial charge in [-0.25, -0.2) is 9.79 Å². The van der Waals surface area contributed by atoms with Crippen molar-refractivity contribution in [3.8, 4) is 29.1 Å². The molecule has 5 rings (SSSR count). The first-order valence-corrected chi connectivity index (χ1v) is 14.9. The van der Waals surface area contributed by atoms with Gasteiger partial charge in [0.2, 0.25) is 0 Å². The second-order valence-corrected chi connectivity index (χ2v) is 10.9. The van der Waals surface area contributed by atoms with Crippen molar-refractivity contribution in [1.29, 1.82) is 5.26 Å². The van der Waals surface area contributed by atoms with Crippen LogP contribution < -0.4 is 33.8 Å². The molecule has 0 radical (unpaired) electrons. The molecule has 1 aromatic heterocycles. The molecular formula is C33H28ClN3O7S. The van der Waals surface area contributed by atoms with Crippen LogP contribution in [-0.2, 0) is 9.53 Å². The van der Waals surface area contributed by atoms with Crippen LogP contribution in [0.2, 0.25) is 5.02 Å². The lowest BCUT2D eigenvalue weighted by Crippen LogP contribution is -2.40. The highest BCUT2D eigenvalue weighted by Gasteiger charge is 2.35. The Morgan fingerprint density at radius 1 is 1.04 bits per heavy atom. The van der Waals surface area contributed by atoms with Gasteiger partial charge < -0.3 is 23.7 Å². The van der Waals surface area contributed by atoms with Crippen molar-refractivity contribution < 1.29 is 28.5 Å². The van der Waals surface area contributed by atoms with Gasteiger partial charge >= 0.3 is 5.97 Å². The van der Waals surface area contributed by atoms with Gasteiger partial charge in [-0.2, -0.15) is 5.26 Å². The molecule has 0 bridgehead atoms. The van der Waals surface area contributed by atoms with Crippen molar-refractivity contribution in [2.24, 2.45) is 4.99 Å². The fourth-order valence-electron chi connectivity index (χ4n) is 5.00. The van der Waals surface area contributed by atoms with E-state index in [4.69, 9.17) is 45.5 Å². The molecule has 4 aromatic rings. The maximum absolute atomic E-state index is 14.2. The number of hydrogen-bond donors (Lipinski definition) is 0. The Balaban J connectivity index is 1.80. The van der Waals surface area contributed by atoms with Crippen LogP contribution in [0.15, 0.2) is 76.0 Å². The molecule has 10 nitrogen and oxygen atoms in total. The van der Waals surface area contributed by atoms with Crippen LogP contribution in [-0.4, -0.2) is 45.1 Å². The van der Waals surface area contributed by atoms with Gasteiger partial charge in [-0.3, -0.25) is 9.36 Å². The zero-order valence-electron chi connectivity index (χ0n) is 24.8. The maximum Gasteiger partial charge on any atom is 0.338 e. The third-order valence-corrected chi connectivity index (χ3v) is 8.19. The molecule has 0 N–H and O–H groups in total. The average Bonchev–Trinajstić information content (AvgIpc) is 3.37. The van der Waals surface area contributed by atoms with E-state index in [2.05, 4.69) is 0 Å². The number of nitrogens with zero attached hydrogens (tertiary/aromatic N) is 3. The lowest BCUT2D eigenvalue weighted by molar-refractivity contribution is -0.138. The second kappa shape index (κ2) is 13.7. The molecule has 3 aromatic carbocycles. The zero-order chi connectivity index (χ0) is 32.1. The monoisotopic (exact) mass is 645 g/mol. The summed E-state index contributed by atoms with van der Waals surface area (Å²) in [5.74, 6) is 0.847. The van der Waals surface area contributed by atoms with Crippen molar-refractivity contribution in [2.75, 3.05) is 34.5 Å². The summed E-state index contributed by atoms with van der Waals surface area (Å²) >= 11 is 7.63. The summed E-state index contributed by atoms with van der Waals surface area (Å²) in [5, 5.41) is 9.13. The number of halogens is 1. The summed E-state index contributed by atoms with van der Waals surface area (Å²) in [7, 11) is 4.50. The Morgan fingerprint density at radius 3 is 2.44 bits per heavy atom. The van der Waals surface area contributed by atoms with Crippen LogP contribution in [0.3, 0.4) is 0 Å². The van der Waals surface area contributed by atoms with E-state index in [0.717, 1.165) is 11.3 Å². The molecule has 0 spiro atoms. The Labute approximate surface area is 267 Å². The lowest BCUT2D eigenvalue weighted by Gasteiger charge is -2.26. The van der Waals surface area contributed by atoms with Gasteiger partial charge in [-0.05, 0) is 48.4 Å². The Hall–Kier alpha value is -5.05. The summed E-state index contributed by atoms with van der Waals surface area (Å²) < 4.78 is 29.2. The van der Waals surface area contributed by atoms with E-state index in [1.807, 2.05) is 36.4 Å². The first-order valence-electron chi connectivity index (χ1n) is 13.7. The first kappa shape index (κ1) is 31.4. The van der Waals surface area contributed by atoms with Crippen molar-refractivity contribution in [2.45, 2.75) is 13.0 Å². The molecule has 2 heterocycles. The number of hydrogen-bond acceptors (Lipinski definition) is 10. The third kappa shape index (κ3) is 6.16. The molecule has 0 saturated heterocycles. The number of thiazole rings is 1. The minimum atomic E-state index is -0.905. The van der Waals surface area contributed by atoms with Crippen LogP contribution >= 0.6 is 22.9 Å². The number of methoxy groups -OCH3 is 3. The quantitative estimate of drug-likeness (QED) is 0.231. The van der Waals surface area contributed by atoms with E-state index >= 15 is 0 Å². The Kier molecular flexibility index (Phi) is 9.56. The molecule has 230 valence electrons. The molecule has 1 atom stereocenters. The maximum atomic E-state index is 14.2. The molecule has 0 fully saturated rings. The minimum Gasteiger partial charge on any atom is -0.493 e. The summed E-state index contributed by atoms with van der Waals surface area (Å²) in [6.07, 6.45) is 1.66. The molecule has 0 amide bonds. The van der Waals surface area contributed by atoms with Gasteiger partial charge in [-0.1, -0.05) is 59.3 Å². The van der Waals surface area contributed by atoms with Gasteiger partial charge in [0, 0.05) is 5.56 Å². The predicted octanol–water partition coefficient (Wildman–Crippen LogP) is 4.52. The van der Waals surface area contributed by atoms with E-state index in [0.29, 0.717) is 49.0 Å². The summed E-state index contributed by atoms with van der Waals surface area (Å²) in [5.41, 5.74) is 2.06. The summed E-state index contributed by atoms with van der Waals surface area (Å²) in [6.45, 7) is 1.64. The Morgan fingerprint density at radius 2 is 1.78 bits per heavy atom. The number of rotatable bonds is 10. The molecule has 45 heavy (non-hydrogen) atoms. The lowest BCUT2D eigenvalue weighted by atomic mass is 9.93. The number of fused-ring (bicyclic) bond motifs is 1. The van der Waals surface area contributed by atoms with Crippen LogP contribution in [0.25, 0.3) is 11.8 Å². The fourth-order valence-corrected chi connectivity index (χ4v) is 6.27. The number of carbonyl (C=O) groups excluding carboxylic acids is 1. The Bertz CT molecular complexity index is 2010. The average molecular weight is 646 g/mol. The SMILES string of the molecule is CCOC(=O)C1=C(c2ccccc2)N=c2s/c(=C\c3cc(Cl)c(OCC#N)c(OC)c3)c(=O)n2[C@@H]1c1ccc(OC)c(OC)c1. The molecule has 0 saturated carbocycles. The normalized spacial score (nSPS) is 14.2. The molecular weight excluding hydrogens is 618 g/mol. The van der Waals surface area contributed by atoms with Gasteiger partial charge in [-0.15, -0.1) is 0 Å². The standard InChI is InChI=1S/C33H28ClN3O7S/c1-5-43-32(39)27-28(20-9-7-6-8-10-20)36-33-37(29(27)21-11-12-23(40-2)24(18-21)41-3)31(38)26(45-33)17-19-15-22(34)30(44-14-13-35)25(16-19)42-4/h6-12,15-18,29H,5,14H2,1-4H3/b26-17-/t29-/m1/s1. The van der Waals surface area contributed by atoms with Crippen molar-refractivity contribution >= 4 is 40.7 Å². The summed E-state index contributed by atoms with van der Waals surface area (Å²) in [4.78, 5) is 33.2. The molecule has 1 aliphatic rings. The zero-order valence-corrected chi connectivity index (χ0v) is 26.4. The van der Waals surface area contributed by atoms with E-state index in [1.165, 1.54) is 25.9 Å². The third-order valence-electron chi connectivity index (χ3n) is 6.93. The van der Waals surface area contributed by atoms with Crippen molar-refractivity contribution in [3.63, 3.8) is 0 Å². The highest BCUT2D eigenvalue weighted by Crippen LogP contribution is 2.39. The predicted molar refractivity (Wildman–Crippen MR) is 170 cm³/mol. The molecule has 1 aliphatic heterocycles. The van der Waals surface area contributed by atoms with Gasteiger partial charge in [0.15, 0.2) is 34.4 Å². The van der Waals surface area contributed by atoms with E-state index < -0.39 is 12.0 Å². The highest BCUT2D eigenvalue weighted by molar-refractivity contribution is 7.07. The molecule has 0 unspecified atom stereocenters. The minimum absolute atomic E-state index is 0.129. The van der Waals surface area contributed by atoms with E-state index in [1.54, 1.807) is 43.3 Å². The van der Waals surface area contributed by atoms with E-state index in [9.17, 15) is 9.59 Å². The van der Waals surface area contributed by atoms with E-state index in [-0.39, 0.29) is 35.1 Å². The largest absolute Gasteiger partial charge is 0.493 e. The number of aromatic nitrogens is 1. The number of esters is 1. The van der Waals surface area contributed by atoms with Gasteiger partial charge in [0.1, 0.15) is 6.07 Å². The van der Waals surface area contributed by atoms with Crippen molar-refractivity contribution in [3.05, 3.63) is 108 Å². The van der Waals surface area contributed by atoms with Crippen molar-refractivity contribution in [1.82, 2.24) is 4.57 Å². The van der Waals surface area contributed by atoms with Crippen LogP contribution in [0.5, 0.6) is 23.0 Å². The van der Waals surface area contributed by atoms with Gasteiger partial charge in [0.25, 0.3) is 5.56 Å². The van der Waals surface area contributed by atoms with Gasteiger partial charge in [0.05, 0.1) is 54.8 Å². The summed E-state index contributed by atoms with van der Waals surface area (Å²) in [6, 6.07) is 18.8. The number of ether oxygens (including phenoxy) is 5. The number of nitriles is 1. The first-order chi connectivity index (χ1) is 21.8. The van der Waals surface area contributed by atoms with Crippen LogP contribution in [0, 0.1) is 11.3 Å². The smallest absolute Gasteiger partial charge is 0.338 e.